The van der Waals surface area contributed by atoms with Gasteiger partial charge in [0.15, 0.2) is 0 Å². The number of hydrogen-bond acceptors (Lipinski definition) is 0. The highest BCUT2D eigenvalue weighted by Gasteiger charge is 2.23. The van der Waals surface area contributed by atoms with Crippen molar-refractivity contribution in [1.82, 2.24) is 0 Å². The Bertz CT molecular complexity index is 147. The number of rotatable bonds is 3. The molecule has 0 heteroatoms. The first kappa shape index (κ1) is 7.59. The van der Waals surface area contributed by atoms with Crippen molar-refractivity contribution in [1.29, 1.82) is 0 Å². The standard InChI is InChI=1S/C10H16/c1-3-5-6-9(4-2)10-7-8-10/h4-6,10H,3,7-8H2,1-2H3/b6-5-,9-4+. The molecule has 0 aromatic heterocycles. The molecule has 0 spiro atoms. The third-order valence-electron chi connectivity index (χ3n) is 1.93. The molecule has 1 aliphatic carbocycles. The van der Waals surface area contributed by atoms with E-state index in [-0.39, 0.29) is 0 Å². The SMILES string of the molecule is C/C=C(\C=C/CC)C1CC1. The second kappa shape index (κ2) is 3.60. The molecule has 1 fully saturated rings. The van der Waals surface area contributed by atoms with Gasteiger partial charge < -0.3 is 0 Å². The lowest BCUT2D eigenvalue weighted by molar-refractivity contribution is 1.04. The first-order valence-corrected chi connectivity index (χ1v) is 4.21. The zero-order chi connectivity index (χ0) is 7.40. The molecule has 1 saturated carbocycles. The molecule has 0 amide bonds. The van der Waals surface area contributed by atoms with Gasteiger partial charge in [0.25, 0.3) is 0 Å². The van der Waals surface area contributed by atoms with Crippen molar-refractivity contribution in [3.05, 3.63) is 23.8 Å². The maximum atomic E-state index is 2.28. The lowest BCUT2D eigenvalue weighted by Crippen LogP contribution is -1.77. The molecule has 1 rings (SSSR count). The third-order valence-corrected chi connectivity index (χ3v) is 1.93. The Balaban J connectivity index is 2.41. The molecular formula is C10H16. The van der Waals surface area contributed by atoms with E-state index < -0.39 is 0 Å². The van der Waals surface area contributed by atoms with E-state index in [2.05, 4.69) is 32.1 Å². The van der Waals surface area contributed by atoms with Crippen molar-refractivity contribution >= 4 is 0 Å². The van der Waals surface area contributed by atoms with E-state index in [0.29, 0.717) is 0 Å². The van der Waals surface area contributed by atoms with E-state index in [1.54, 1.807) is 5.57 Å². The van der Waals surface area contributed by atoms with E-state index in [0.717, 1.165) is 12.3 Å². The van der Waals surface area contributed by atoms with Crippen molar-refractivity contribution in [2.24, 2.45) is 5.92 Å². The van der Waals surface area contributed by atoms with Crippen LogP contribution in [0.2, 0.25) is 0 Å². The Labute approximate surface area is 63.6 Å². The molecule has 0 radical (unpaired) electrons. The summed E-state index contributed by atoms with van der Waals surface area (Å²) in [6.45, 7) is 4.31. The predicted molar refractivity (Wildman–Crippen MR) is 45.9 cm³/mol. The fourth-order valence-electron chi connectivity index (χ4n) is 1.14. The van der Waals surface area contributed by atoms with Crippen LogP contribution in [0, 0.1) is 5.92 Å². The maximum Gasteiger partial charge on any atom is -0.0165 e. The average Bonchev–Trinajstić information content (AvgIpc) is 2.73. The van der Waals surface area contributed by atoms with E-state index in [4.69, 9.17) is 0 Å². The Morgan fingerprint density at radius 1 is 1.50 bits per heavy atom. The monoisotopic (exact) mass is 136 g/mol. The van der Waals surface area contributed by atoms with Gasteiger partial charge in [0.05, 0.1) is 0 Å². The predicted octanol–water partition coefficient (Wildman–Crippen LogP) is 3.31. The molecule has 10 heavy (non-hydrogen) atoms. The highest BCUT2D eigenvalue weighted by molar-refractivity contribution is 5.24. The average molecular weight is 136 g/mol. The maximum absolute atomic E-state index is 2.28. The summed E-state index contributed by atoms with van der Waals surface area (Å²) < 4.78 is 0. The molecule has 0 atom stereocenters. The van der Waals surface area contributed by atoms with E-state index >= 15 is 0 Å². The highest BCUT2D eigenvalue weighted by Crippen LogP contribution is 2.36. The molecule has 56 valence electrons. The summed E-state index contributed by atoms with van der Waals surface area (Å²) in [5, 5.41) is 0. The first-order valence-electron chi connectivity index (χ1n) is 4.21. The van der Waals surface area contributed by atoms with Gasteiger partial charge in [-0.05, 0) is 37.7 Å². The van der Waals surface area contributed by atoms with Crippen molar-refractivity contribution < 1.29 is 0 Å². The number of allylic oxidation sites excluding steroid dienone is 4. The molecule has 0 unspecified atom stereocenters. The van der Waals surface area contributed by atoms with Gasteiger partial charge in [-0.15, -0.1) is 0 Å². The summed E-state index contributed by atoms with van der Waals surface area (Å²) in [6.07, 6.45) is 10.7. The number of hydrogen-bond donors (Lipinski definition) is 0. The molecule has 0 heterocycles. The summed E-state index contributed by atoms with van der Waals surface area (Å²) in [6, 6.07) is 0. The van der Waals surface area contributed by atoms with Gasteiger partial charge >= 0.3 is 0 Å². The zero-order valence-electron chi connectivity index (χ0n) is 6.93. The lowest BCUT2D eigenvalue weighted by atomic mass is 10.1. The molecular weight excluding hydrogens is 120 g/mol. The Hall–Kier alpha value is -0.520. The molecule has 0 aliphatic heterocycles. The molecule has 1 aliphatic rings. The van der Waals surface area contributed by atoms with Crippen LogP contribution >= 0.6 is 0 Å². The van der Waals surface area contributed by atoms with Crippen LogP contribution in [0.5, 0.6) is 0 Å². The largest absolute Gasteiger partial charge is 0.0845 e. The van der Waals surface area contributed by atoms with Crippen molar-refractivity contribution in [2.75, 3.05) is 0 Å². The van der Waals surface area contributed by atoms with Crippen molar-refractivity contribution in [2.45, 2.75) is 33.1 Å². The van der Waals surface area contributed by atoms with E-state index in [1.165, 1.54) is 12.8 Å². The normalized spacial score (nSPS) is 20.4. The van der Waals surface area contributed by atoms with Gasteiger partial charge in [0, 0.05) is 0 Å². The lowest BCUT2D eigenvalue weighted by Gasteiger charge is -1.94. The van der Waals surface area contributed by atoms with E-state index in [1.807, 2.05) is 0 Å². The minimum atomic E-state index is 0.910. The topological polar surface area (TPSA) is 0 Å². The molecule has 0 nitrogen and oxygen atoms in total. The van der Waals surface area contributed by atoms with Crippen LogP contribution in [-0.2, 0) is 0 Å². The van der Waals surface area contributed by atoms with Gasteiger partial charge in [-0.2, -0.15) is 0 Å². The smallest absolute Gasteiger partial charge is 0.0165 e. The summed E-state index contributed by atoms with van der Waals surface area (Å²) >= 11 is 0. The third kappa shape index (κ3) is 2.02. The van der Waals surface area contributed by atoms with Crippen LogP contribution < -0.4 is 0 Å². The fraction of sp³-hybridized carbons (Fsp3) is 0.600. The van der Waals surface area contributed by atoms with Gasteiger partial charge in [-0.25, -0.2) is 0 Å². The van der Waals surface area contributed by atoms with Gasteiger partial charge in [-0.1, -0.05) is 25.2 Å². The minimum absolute atomic E-state index is 0.910. The van der Waals surface area contributed by atoms with Crippen LogP contribution in [0.25, 0.3) is 0 Å². The van der Waals surface area contributed by atoms with Gasteiger partial charge in [0.1, 0.15) is 0 Å². The summed E-state index contributed by atoms with van der Waals surface area (Å²) in [4.78, 5) is 0. The summed E-state index contributed by atoms with van der Waals surface area (Å²) in [7, 11) is 0. The van der Waals surface area contributed by atoms with Crippen molar-refractivity contribution in [3.63, 3.8) is 0 Å². The van der Waals surface area contributed by atoms with E-state index in [9.17, 15) is 0 Å². The Morgan fingerprint density at radius 2 is 2.20 bits per heavy atom. The highest BCUT2D eigenvalue weighted by atomic mass is 14.3. The summed E-state index contributed by atoms with van der Waals surface area (Å²) in [5.41, 5.74) is 1.54. The Kier molecular flexibility index (Phi) is 2.73. The van der Waals surface area contributed by atoms with Crippen LogP contribution in [0.4, 0.5) is 0 Å². The van der Waals surface area contributed by atoms with Crippen LogP contribution in [0.3, 0.4) is 0 Å². The summed E-state index contributed by atoms with van der Waals surface area (Å²) in [5.74, 6) is 0.910. The second-order valence-electron chi connectivity index (χ2n) is 2.87. The molecule has 0 N–H and O–H groups in total. The van der Waals surface area contributed by atoms with Gasteiger partial charge in [-0.3, -0.25) is 0 Å². The molecule has 0 aromatic rings. The van der Waals surface area contributed by atoms with Crippen LogP contribution in [0.15, 0.2) is 23.8 Å². The van der Waals surface area contributed by atoms with Crippen LogP contribution in [0.1, 0.15) is 33.1 Å². The second-order valence-corrected chi connectivity index (χ2v) is 2.87. The molecule has 0 bridgehead atoms. The van der Waals surface area contributed by atoms with Gasteiger partial charge in [0.2, 0.25) is 0 Å². The van der Waals surface area contributed by atoms with Crippen LogP contribution in [-0.4, -0.2) is 0 Å². The minimum Gasteiger partial charge on any atom is -0.0845 e. The Morgan fingerprint density at radius 3 is 2.60 bits per heavy atom. The van der Waals surface area contributed by atoms with Crippen molar-refractivity contribution in [3.8, 4) is 0 Å². The fourth-order valence-corrected chi connectivity index (χ4v) is 1.14. The first-order chi connectivity index (χ1) is 4.88. The molecule has 0 saturated heterocycles. The zero-order valence-corrected chi connectivity index (χ0v) is 6.93. The quantitative estimate of drug-likeness (QED) is 0.522. The molecule has 0 aromatic carbocycles.